The lowest BCUT2D eigenvalue weighted by atomic mass is 9.73. The molecule has 0 bridgehead atoms. The molecular formula is C43H44BrN3O4. The molecule has 0 aliphatic carbocycles. The SMILES string of the molecule is COc1ccc(NC(=O)N2CC(CO)CCN3[C@H](COC(c4ccccc4)(c4ccccc4)c4ccccc4)[C@H](c4ccc(Br)cc4)[C@@H]3C2)cc1. The first kappa shape index (κ1) is 35.0. The average Bonchev–Trinajstić information content (AvgIpc) is 3.17. The number of carbonyl (C=O) groups excluding carboxylic acids is 1. The summed E-state index contributed by atoms with van der Waals surface area (Å²) in [6.45, 7) is 2.28. The number of methoxy groups -OCH3 is 1. The Kier molecular flexibility index (Phi) is 10.8. The predicted octanol–water partition coefficient (Wildman–Crippen LogP) is 8.15. The number of amides is 2. The number of rotatable bonds is 10. The minimum atomic E-state index is -0.847. The van der Waals surface area contributed by atoms with E-state index in [1.54, 1.807) is 7.11 Å². The predicted molar refractivity (Wildman–Crippen MR) is 205 cm³/mol. The van der Waals surface area contributed by atoms with Gasteiger partial charge in [-0.25, -0.2) is 4.79 Å². The van der Waals surface area contributed by atoms with Crippen LogP contribution in [0.5, 0.6) is 5.75 Å². The van der Waals surface area contributed by atoms with Gasteiger partial charge in [0, 0.05) is 53.8 Å². The first-order chi connectivity index (χ1) is 25.0. The smallest absolute Gasteiger partial charge is 0.321 e. The Balaban J connectivity index is 1.23. The highest BCUT2D eigenvalue weighted by Crippen LogP contribution is 2.46. The summed E-state index contributed by atoms with van der Waals surface area (Å²) in [6, 6.07) is 47.3. The zero-order chi connectivity index (χ0) is 35.2. The molecule has 2 aliphatic heterocycles. The van der Waals surface area contributed by atoms with Gasteiger partial charge in [0.1, 0.15) is 11.4 Å². The first-order valence-corrected chi connectivity index (χ1v) is 18.4. The third-order valence-electron chi connectivity index (χ3n) is 10.5. The minimum absolute atomic E-state index is 0.0151. The molecular weight excluding hydrogens is 702 g/mol. The molecule has 0 saturated carbocycles. The molecule has 5 aromatic rings. The largest absolute Gasteiger partial charge is 0.497 e. The normalized spacial score (nSPS) is 20.7. The summed E-state index contributed by atoms with van der Waals surface area (Å²) < 4.78 is 13.7. The molecule has 2 N–H and O–H groups in total. The van der Waals surface area contributed by atoms with Crippen molar-refractivity contribution in [3.05, 3.63) is 166 Å². The molecule has 51 heavy (non-hydrogen) atoms. The van der Waals surface area contributed by atoms with Crippen LogP contribution in [0.25, 0.3) is 0 Å². The molecule has 2 aliphatic rings. The number of nitrogens with one attached hydrogen (secondary N) is 1. The van der Waals surface area contributed by atoms with E-state index in [0.717, 1.165) is 39.9 Å². The minimum Gasteiger partial charge on any atom is -0.497 e. The van der Waals surface area contributed by atoms with Crippen LogP contribution in [0.15, 0.2) is 144 Å². The molecule has 2 saturated heterocycles. The van der Waals surface area contributed by atoms with Crippen molar-refractivity contribution in [2.75, 3.05) is 45.3 Å². The number of nitrogens with zero attached hydrogens (tertiary/aromatic N) is 2. The van der Waals surface area contributed by atoms with E-state index >= 15 is 0 Å². The topological polar surface area (TPSA) is 74.3 Å². The van der Waals surface area contributed by atoms with E-state index in [2.05, 4.69) is 123 Å². The van der Waals surface area contributed by atoms with Gasteiger partial charge in [0.2, 0.25) is 0 Å². The van der Waals surface area contributed by atoms with E-state index in [4.69, 9.17) is 9.47 Å². The van der Waals surface area contributed by atoms with E-state index in [-0.39, 0.29) is 36.6 Å². The number of aliphatic hydroxyl groups is 1. The molecule has 7 nitrogen and oxygen atoms in total. The van der Waals surface area contributed by atoms with Gasteiger partial charge in [-0.15, -0.1) is 0 Å². The number of urea groups is 1. The van der Waals surface area contributed by atoms with Gasteiger partial charge in [0.15, 0.2) is 0 Å². The van der Waals surface area contributed by atoms with Crippen LogP contribution in [0.1, 0.15) is 34.6 Å². The molecule has 8 heteroatoms. The van der Waals surface area contributed by atoms with Crippen LogP contribution >= 0.6 is 15.9 Å². The lowest BCUT2D eigenvalue weighted by Crippen LogP contribution is -2.69. The molecule has 0 aromatic heterocycles. The lowest BCUT2D eigenvalue weighted by Gasteiger charge is -2.58. The maximum atomic E-state index is 13.9. The van der Waals surface area contributed by atoms with Crippen LogP contribution in [0.2, 0.25) is 0 Å². The second kappa shape index (κ2) is 15.8. The van der Waals surface area contributed by atoms with E-state index < -0.39 is 5.60 Å². The number of aliphatic hydroxyl groups excluding tert-OH is 1. The fraction of sp³-hybridized carbons (Fsp3) is 0.279. The lowest BCUT2D eigenvalue weighted by molar-refractivity contribution is -0.105. The Morgan fingerprint density at radius 1 is 0.804 bits per heavy atom. The first-order valence-electron chi connectivity index (χ1n) is 17.6. The van der Waals surface area contributed by atoms with Gasteiger partial charge in [-0.1, -0.05) is 119 Å². The Bertz CT molecular complexity index is 1760. The summed E-state index contributed by atoms with van der Waals surface area (Å²) in [5, 5.41) is 13.5. The molecule has 1 unspecified atom stereocenters. The molecule has 2 heterocycles. The molecule has 4 atom stereocenters. The highest BCUT2D eigenvalue weighted by atomic mass is 79.9. The molecule has 0 radical (unpaired) electrons. The number of halogens is 1. The molecule has 0 spiro atoms. The van der Waals surface area contributed by atoms with Crippen LogP contribution in [0.4, 0.5) is 10.5 Å². The van der Waals surface area contributed by atoms with E-state index in [0.29, 0.717) is 25.4 Å². The number of anilines is 1. The van der Waals surface area contributed by atoms with Gasteiger partial charge >= 0.3 is 6.03 Å². The van der Waals surface area contributed by atoms with Gasteiger partial charge in [0.25, 0.3) is 0 Å². The Labute approximate surface area is 309 Å². The van der Waals surface area contributed by atoms with E-state index in [9.17, 15) is 9.90 Å². The van der Waals surface area contributed by atoms with Crippen LogP contribution in [-0.4, -0.2) is 73.0 Å². The highest BCUT2D eigenvalue weighted by molar-refractivity contribution is 9.10. The standard InChI is InChI=1S/C43H44BrN3O4/c1-50-38-23-21-37(22-24-38)45-42(49)46-27-31(29-48)25-26-47-39(28-46)41(32-17-19-36(44)20-18-32)40(47)30-51-43(33-11-5-2-6-12-33,34-13-7-3-8-14-34)35-15-9-4-10-16-35/h2-24,31,39-41,48H,25-30H2,1H3,(H,45,49)/t31?,39-,40+,41+/m0/s1. The highest BCUT2D eigenvalue weighted by Gasteiger charge is 2.52. The van der Waals surface area contributed by atoms with Gasteiger partial charge in [0.05, 0.1) is 13.7 Å². The molecule has 5 aromatic carbocycles. The van der Waals surface area contributed by atoms with Crippen LogP contribution in [0.3, 0.4) is 0 Å². The van der Waals surface area contributed by atoms with Crippen LogP contribution < -0.4 is 10.1 Å². The maximum absolute atomic E-state index is 13.9. The van der Waals surface area contributed by atoms with E-state index in [1.807, 2.05) is 47.4 Å². The Morgan fingerprint density at radius 2 is 1.37 bits per heavy atom. The molecule has 7 rings (SSSR count). The van der Waals surface area contributed by atoms with Crippen molar-refractivity contribution in [3.63, 3.8) is 0 Å². The van der Waals surface area contributed by atoms with Crippen molar-refractivity contribution in [1.82, 2.24) is 9.80 Å². The van der Waals surface area contributed by atoms with Gasteiger partial charge in [-0.2, -0.15) is 0 Å². The van der Waals surface area contributed by atoms with Crippen molar-refractivity contribution in [3.8, 4) is 5.75 Å². The zero-order valence-electron chi connectivity index (χ0n) is 28.8. The number of carbonyl (C=O) groups is 1. The van der Waals surface area contributed by atoms with Crippen molar-refractivity contribution >= 4 is 27.6 Å². The second-order valence-electron chi connectivity index (χ2n) is 13.4. The maximum Gasteiger partial charge on any atom is 0.321 e. The Hall–Kier alpha value is -4.47. The number of benzene rings is 5. The number of hydrogen-bond acceptors (Lipinski definition) is 5. The third kappa shape index (κ3) is 7.32. The molecule has 2 fully saturated rings. The summed E-state index contributed by atoms with van der Waals surface area (Å²) in [5.41, 5.74) is 4.25. The quantitative estimate of drug-likeness (QED) is 0.141. The average molecular weight is 747 g/mol. The monoisotopic (exact) mass is 745 g/mol. The Morgan fingerprint density at radius 3 is 1.90 bits per heavy atom. The fourth-order valence-corrected chi connectivity index (χ4v) is 8.16. The number of hydrogen-bond donors (Lipinski definition) is 2. The van der Waals surface area contributed by atoms with Crippen molar-refractivity contribution in [2.45, 2.75) is 30.0 Å². The zero-order valence-corrected chi connectivity index (χ0v) is 30.4. The summed E-state index contributed by atoms with van der Waals surface area (Å²) in [5.74, 6) is 0.795. The van der Waals surface area contributed by atoms with Crippen molar-refractivity contribution in [2.24, 2.45) is 5.92 Å². The van der Waals surface area contributed by atoms with Crippen LogP contribution in [-0.2, 0) is 10.3 Å². The summed E-state index contributed by atoms with van der Waals surface area (Å²) in [4.78, 5) is 18.3. The van der Waals surface area contributed by atoms with Crippen molar-refractivity contribution < 1.29 is 19.4 Å². The third-order valence-corrected chi connectivity index (χ3v) is 11.0. The molecule has 262 valence electrons. The van der Waals surface area contributed by atoms with E-state index in [1.165, 1.54) is 5.56 Å². The van der Waals surface area contributed by atoms with Crippen molar-refractivity contribution in [1.29, 1.82) is 0 Å². The van der Waals surface area contributed by atoms with Gasteiger partial charge < -0.3 is 24.8 Å². The van der Waals surface area contributed by atoms with Crippen LogP contribution in [0, 0.1) is 5.92 Å². The number of ether oxygens (including phenoxy) is 2. The summed E-state index contributed by atoms with van der Waals surface area (Å²) >= 11 is 3.63. The second-order valence-corrected chi connectivity index (χ2v) is 14.4. The number of fused-ring (bicyclic) bond motifs is 1. The van der Waals surface area contributed by atoms with Gasteiger partial charge in [-0.3, -0.25) is 4.90 Å². The summed E-state index contributed by atoms with van der Waals surface area (Å²) in [6.07, 6.45) is 0.768. The van der Waals surface area contributed by atoms with Gasteiger partial charge in [-0.05, 0) is 71.6 Å². The molecule has 2 amide bonds. The summed E-state index contributed by atoms with van der Waals surface area (Å²) in [7, 11) is 1.62. The fourth-order valence-electron chi connectivity index (χ4n) is 7.90.